The highest BCUT2D eigenvalue weighted by molar-refractivity contribution is 5.86. The number of hydrogen-bond acceptors (Lipinski definition) is 2. The molecular formula is C9H3F12O2. The zero-order valence-electron chi connectivity index (χ0n) is 10.1. The summed E-state index contributed by atoms with van der Waals surface area (Å²) in [6, 6.07) is 0. The highest BCUT2D eigenvalue weighted by Crippen LogP contribution is 2.58. The van der Waals surface area contributed by atoms with Gasteiger partial charge >= 0.3 is 24.7 Å². The first-order valence-electron chi connectivity index (χ1n) is 4.98. The van der Waals surface area contributed by atoms with Crippen LogP contribution < -0.4 is 0 Å². The normalized spacial score (nSPS) is 15.2. The van der Waals surface area contributed by atoms with Crippen molar-refractivity contribution in [1.29, 1.82) is 0 Å². The molecule has 0 saturated carbocycles. The van der Waals surface area contributed by atoms with Crippen LogP contribution >= 0.6 is 0 Å². The first-order valence-corrected chi connectivity index (χ1v) is 4.98. The SMILES string of the molecule is O=[C]C(C=O)(C(C(F)(F)F)C(F)(F)F)C(C(F)(F)F)C(F)(F)F. The molecule has 0 bridgehead atoms. The summed E-state index contributed by atoms with van der Waals surface area (Å²) in [5, 5.41) is 0. The van der Waals surface area contributed by atoms with Gasteiger partial charge in [-0.3, -0.25) is 4.79 Å². The van der Waals surface area contributed by atoms with Crippen LogP contribution in [0.4, 0.5) is 52.7 Å². The minimum Gasteiger partial charge on any atom is -0.302 e. The van der Waals surface area contributed by atoms with E-state index in [2.05, 4.69) is 0 Å². The van der Waals surface area contributed by atoms with Gasteiger partial charge in [0.1, 0.15) is 11.7 Å². The van der Waals surface area contributed by atoms with Gasteiger partial charge in [-0.15, -0.1) is 0 Å². The molecule has 0 fully saturated rings. The molecule has 135 valence electrons. The van der Waals surface area contributed by atoms with Gasteiger partial charge in [-0.05, 0) is 0 Å². The summed E-state index contributed by atoms with van der Waals surface area (Å²) in [4.78, 5) is 20.8. The molecule has 0 aliphatic rings. The Bertz CT molecular complexity index is 369. The maximum Gasteiger partial charge on any atom is 0.401 e. The minimum absolute atomic E-state index is 0.606. The van der Waals surface area contributed by atoms with Crippen LogP contribution in [0.5, 0.6) is 0 Å². The molecule has 0 unspecified atom stereocenters. The maximum absolute atomic E-state index is 12.4. The van der Waals surface area contributed by atoms with E-state index < -0.39 is 54.5 Å². The van der Waals surface area contributed by atoms with Gasteiger partial charge < -0.3 is 4.79 Å². The molecule has 0 aromatic rings. The Labute approximate surface area is 118 Å². The van der Waals surface area contributed by atoms with E-state index in [1.165, 1.54) is 0 Å². The van der Waals surface area contributed by atoms with Crippen molar-refractivity contribution in [3.05, 3.63) is 0 Å². The van der Waals surface area contributed by atoms with E-state index in [9.17, 15) is 62.3 Å². The van der Waals surface area contributed by atoms with Crippen LogP contribution in [0.2, 0.25) is 0 Å². The van der Waals surface area contributed by atoms with Crippen molar-refractivity contribution in [3.8, 4) is 0 Å². The maximum atomic E-state index is 12.4. The van der Waals surface area contributed by atoms with E-state index in [0.29, 0.717) is 0 Å². The van der Waals surface area contributed by atoms with E-state index in [1.54, 1.807) is 0 Å². The number of halogens is 12. The molecule has 0 rings (SSSR count). The third-order valence-corrected chi connectivity index (χ3v) is 2.64. The first-order chi connectivity index (χ1) is 9.85. The van der Waals surface area contributed by atoms with Crippen molar-refractivity contribution >= 4 is 12.6 Å². The molecule has 23 heavy (non-hydrogen) atoms. The lowest BCUT2D eigenvalue weighted by Crippen LogP contribution is -2.61. The van der Waals surface area contributed by atoms with Crippen LogP contribution in [0.15, 0.2) is 0 Å². The fourth-order valence-corrected chi connectivity index (χ4v) is 1.90. The smallest absolute Gasteiger partial charge is 0.302 e. The molecule has 0 amide bonds. The molecule has 0 aliphatic carbocycles. The van der Waals surface area contributed by atoms with Crippen LogP contribution in [0.3, 0.4) is 0 Å². The van der Waals surface area contributed by atoms with Gasteiger partial charge in [0.05, 0.1) is 0 Å². The number of alkyl halides is 12. The van der Waals surface area contributed by atoms with Gasteiger partial charge in [0.2, 0.25) is 6.29 Å². The number of rotatable bonds is 4. The lowest BCUT2D eigenvalue weighted by atomic mass is 9.66. The summed E-state index contributed by atoms with van der Waals surface area (Å²) in [7, 11) is 0. The zero-order chi connectivity index (χ0) is 19.1. The Balaban J connectivity index is 6.81. The fourth-order valence-electron chi connectivity index (χ4n) is 1.90. The molecule has 0 atom stereocenters. The molecule has 14 heteroatoms. The Morgan fingerprint density at radius 1 is 0.609 bits per heavy atom. The van der Waals surface area contributed by atoms with E-state index in [1.807, 2.05) is 0 Å². The van der Waals surface area contributed by atoms with Crippen molar-refractivity contribution in [3.63, 3.8) is 0 Å². The molecule has 0 aliphatic heterocycles. The Kier molecular flexibility index (Phi) is 5.47. The standard InChI is InChI=1S/C9H3F12O2/c10-6(11,12)3(7(13,14)15)5(1-22,2-23)4(8(16,17)18)9(19,20)21/h1,3-4H. The van der Waals surface area contributed by atoms with E-state index in [-0.39, 0.29) is 0 Å². The van der Waals surface area contributed by atoms with Crippen LogP contribution in [0.1, 0.15) is 0 Å². The largest absolute Gasteiger partial charge is 0.401 e. The highest BCUT2D eigenvalue weighted by atomic mass is 19.4. The molecular weight excluding hydrogens is 368 g/mol. The van der Waals surface area contributed by atoms with E-state index >= 15 is 0 Å². The van der Waals surface area contributed by atoms with E-state index in [0.717, 1.165) is 0 Å². The Morgan fingerprint density at radius 2 is 0.826 bits per heavy atom. The van der Waals surface area contributed by atoms with Crippen LogP contribution in [-0.2, 0) is 9.59 Å². The monoisotopic (exact) mass is 371 g/mol. The number of hydrogen-bond donors (Lipinski definition) is 0. The second-order valence-electron chi connectivity index (χ2n) is 4.19. The van der Waals surface area contributed by atoms with Gasteiger partial charge in [-0.25, -0.2) is 0 Å². The number of carbonyl (C=O) groups excluding carboxylic acids is 2. The molecule has 0 heterocycles. The van der Waals surface area contributed by atoms with Gasteiger partial charge in [0.15, 0.2) is 11.8 Å². The minimum atomic E-state index is -6.81. The molecule has 1 radical (unpaired) electrons. The quantitative estimate of drug-likeness (QED) is 0.429. The predicted octanol–water partition coefficient (Wildman–Crippen LogP) is 3.76. The predicted molar refractivity (Wildman–Crippen MR) is 45.4 cm³/mol. The van der Waals surface area contributed by atoms with Gasteiger partial charge in [-0.1, -0.05) is 0 Å². The Morgan fingerprint density at radius 3 is 0.913 bits per heavy atom. The molecule has 0 spiro atoms. The topological polar surface area (TPSA) is 34.1 Å². The number of aldehydes is 1. The second-order valence-corrected chi connectivity index (χ2v) is 4.19. The third-order valence-electron chi connectivity index (χ3n) is 2.64. The first kappa shape index (κ1) is 21.5. The van der Waals surface area contributed by atoms with Crippen LogP contribution in [-0.4, -0.2) is 37.3 Å². The molecule has 0 N–H and O–H groups in total. The molecule has 0 saturated heterocycles. The van der Waals surface area contributed by atoms with Crippen molar-refractivity contribution in [2.75, 3.05) is 0 Å². The van der Waals surface area contributed by atoms with Crippen molar-refractivity contribution in [2.45, 2.75) is 24.7 Å². The second kappa shape index (κ2) is 5.85. The zero-order valence-corrected chi connectivity index (χ0v) is 10.1. The van der Waals surface area contributed by atoms with Gasteiger partial charge in [-0.2, -0.15) is 52.7 Å². The summed E-state index contributed by atoms with van der Waals surface area (Å²) in [5.41, 5.74) is -5.63. The number of carbonyl (C=O) groups is 1. The molecule has 0 aromatic heterocycles. The van der Waals surface area contributed by atoms with Gasteiger partial charge in [0.25, 0.3) is 0 Å². The average Bonchev–Trinajstić information content (AvgIpc) is 2.19. The summed E-state index contributed by atoms with van der Waals surface area (Å²) >= 11 is 0. The highest BCUT2D eigenvalue weighted by Gasteiger charge is 2.78. The lowest BCUT2D eigenvalue weighted by Gasteiger charge is -2.40. The third kappa shape index (κ3) is 4.28. The summed E-state index contributed by atoms with van der Waals surface area (Å²) in [5.74, 6) is -11.1. The van der Waals surface area contributed by atoms with Crippen LogP contribution in [0, 0.1) is 17.3 Å². The molecule has 2 nitrogen and oxygen atoms in total. The van der Waals surface area contributed by atoms with Crippen molar-refractivity contribution in [1.82, 2.24) is 0 Å². The summed E-state index contributed by atoms with van der Waals surface area (Å²) in [6.07, 6.45) is -29.8. The Hall–Kier alpha value is -1.50. The van der Waals surface area contributed by atoms with Crippen LogP contribution in [0.25, 0.3) is 0 Å². The summed E-state index contributed by atoms with van der Waals surface area (Å²) < 4.78 is 149. The lowest BCUT2D eigenvalue weighted by molar-refractivity contribution is -0.352. The molecule has 0 aromatic carbocycles. The van der Waals surface area contributed by atoms with Gasteiger partial charge in [0, 0.05) is 0 Å². The summed E-state index contributed by atoms with van der Waals surface area (Å²) in [6.45, 7) is 0. The van der Waals surface area contributed by atoms with E-state index in [4.69, 9.17) is 0 Å². The fraction of sp³-hybridized carbons (Fsp3) is 0.778. The van der Waals surface area contributed by atoms with Crippen molar-refractivity contribution in [2.24, 2.45) is 17.3 Å². The van der Waals surface area contributed by atoms with Crippen molar-refractivity contribution < 1.29 is 62.3 Å². The average molecular weight is 371 g/mol.